The number of hydrogen-bond acceptors (Lipinski definition) is 2. The molecular formula is C11H17BrN2O. The smallest absolute Gasteiger partial charge is 0.265 e. The van der Waals surface area contributed by atoms with Gasteiger partial charge in [0.1, 0.15) is 0 Å². The van der Waals surface area contributed by atoms with E-state index in [1.807, 2.05) is 6.92 Å². The van der Waals surface area contributed by atoms with Gasteiger partial charge in [-0.3, -0.25) is 4.79 Å². The number of rotatable bonds is 3. The molecule has 0 amide bonds. The summed E-state index contributed by atoms with van der Waals surface area (Å²) in [4.78, 5) is 11.8. The summed E-state index contributed by atoms with van der Waals surface area (Å²) in [5, 5.41) is 0. The second kappa shape index (κ2) is 4.84. The predicted octanol–water partition coefficient (Wildman–Crippen LogP) is 2.55. The maximum Gasteiger partial charge on any atom is 0.265 e. The number of pyridine rings is 1. The third kappa shape index (κ3) is 2.84. The molecule has 0 bridgehead atoms. The normalized spacial score (nSPS) is 11.0. The van der Waals surface area contributed by atoms with Gasteiger partial charge in [-0.1, -0.05) is 13.8 Å². The lowest BCUT2D eigenvalue weighted by atomic mass is 10.1. The van der Waals surface area contributed by atoms with Gasteiger partial charge in [0.25, 0.3) is 5.56 Å². The number of aryl methyl sites for hydroxylation is 1. The number of halogens is 1. The summed E-state index contributed by atoms with van der Waals surface area (Å²) in [7, 11) is 0. The second-order valence-electron chi connectivity index (χ2n) is 4.20. The van der Waals surface area contributed by atoms with Gasteiger partial charge in [0.05, 0.1) is 10.2 Å². The molecule has 0 unspecified atom stereocenters. The Hall–Kier alpha value is -0.770. The lowest BCUT2D eigenvalue weighted by molar-refractivity contribution is 0.507. The zero-order valence-electron chi connectivity index (χ0n) is 9.38. The van der Waals surface area contributed by atoms with Crippen LogP contribution in [0.2, 0.25) is 0 Å². The molecule has 0 saturated heterocycles. The average Bonchev–Trinajstić information content (AvgIpc) is 2.18. The summed E-state index contributed by atoms with van der Waals surface area (Å²) >= 11 is 3.27. The van der Waals surface area contributed by atoms with Crippen molar-refractivity contribution >= 4 is 21.6 Å². The van der Waals surface area contributed by atoms with Crippen LogP contribution in [0.25, 0.3) is 0 Å². The molecule has 1 aromatic rings. The third-order valence-electron chi connectivity index (χ3n) is 2.45. The van der Waals surface area contributed by atoms with Gasteiger partial charge in [0, 0.05) is 12.7 Å². The van der Waals surface area contributed by atoms with Crippen molar-refractivity contribution in [1.29, 1.82) is 0 Å². The van der Waals surface area contributed by atoms with Gasteiger partial charge in [0.2, 0.25) is 0 Å². The van der Waals surface area contributed by atoms with Crippen LogP contribution >= 0.6 is 15.9 Å². The molecule has 1 aromatic heterocycles. The molecule has 15 heavy (non-hydrogen) atoms. The molecule has 0 radical (unpaired) electrons. The highest BCUT2D eigenvalue weighted by molar-refractivity contribution is 9.10. The highest BCUT2D eigenvalue weighted by Gasteiger charge is 2.08. The van der Waals surface area contributed by atoms with Crippen molar-refractivity contribution in [3.05, 3.63) is 26.6 Å². The van der Waals surface area contributed by atoms with Crippen molar-refractivity contribution in [3.8, 4) is 0 Å². The predicted molar refractivity (Wildman–Crippen MR) is 67.0 cm³/mol. The Morgan fingerprint density at radius 1 is 1.53 bits per heavy atom. The summed E-state index contributed by atoms with van der Waals surface area (Å²) in [6.45, 7) is 6.84. The molecule has 0 aliphatic rings. The van der Waals surface area contributed by atoms with Crippen molar-refractivity contribution < 1.29 is 0 Å². The zero-order valence-corrected chi connectivity index (χ0v) is 11.0. The number of nitrogens with zero attached hydrogens (tertiary/aromatic N) is 1. The fourth-order valence-electron chi connectivity index (χ4n) is 1.30. The second-order valence-corrected chi connectivity index (χ2v) is 5.00. The van der Waals surface area contributed by atoms with Gasteiger partial charge in [-0.15, -0.1) is 0 Å². The van der Waals surface area contributed by atoms with Crippen LogP contribution in [0, 0.1) is 12.8 Å². The minimum absolute atomic E-state index is 0.00218. The largest absolute Gasteiger partial charge is 0.397 e. The van der Waals surface area contributed by atoms with Crippen LogP contribution in [0.5, 0.6) is 0 Å². The molecule has 3 nitrogen and oxygen atoms in total. The van der Waals surface area contributed by atoms with Crippen molar-refractivity contribution in [2.75, 3.05) is 5.73 Å². The van der Waals surface area contributed by atoms with E-state index in [1.165, 1.54) is 0 Å². The van der Waals surface area contributed by atoms with E-state index in [0.717, 1.165) is 18.5 Å². The lowest BCUT2D eigenvalue weighted by Crippen LogP contribution is -2.22. The summed E-state index contributed by atoms with van der Waals surface area (Å²) in [6.07, 6.45) is 2.71. The van der Waals surface area contributed by atoms with E-state index >= 15 is 0 Å². The summed E-state index contributed by atoms with van der Waals surface area (Å²) in [5.74, 6) is 0.582. The third-order valence-corrected chi connectivity index (χ3v) is 3.39. The summed E-state index contributed by atoms with van der Waals surface area (Å²) < 4.78 is 2.25. The van der Waals surface area contributed by atoms with Gasteiger partial charge in [-0.2, -0.15) is 0 Å². The van der Waals surface area contributed by atoms with E-state index in [1.54, 1.807) is 10.8 Å². The zero-order chi connectivity index (χ0) is 11.6. The monoisotopic (exact) mass is 272 g/mol. The van der Waals surface area contributed by atoms with Crippen molar-refractivity contribution in [2.24, 2.45) is 5.92 Å². The first kappa shape index (κ1) is 12.3. The summed E-state index contributed by atoms with van der Waals surface area (Å²) in [5.41, 5.74) is 7.29. The first-order chi connectivity index (χ1) is 6.93. The Balaban J connectivity index is 3.05. The Labute approximate surface area is 98.4 Å². The first-order valence-corrected chi connectivity index (χ1v) is 5.87. The lowest BCUT2D eigenvalue weighted by Gasteiger charge is -2.11. The SMILES string of the molecule is Cc1c(N)cn(CCC(C)C)c(=O)c1Br. The fourth-order valence-corrected chi connectivity index (χ4v) is 1.76. The fraction of sp³-hybridized carbons (Fsp3) is 0.545. The van der Waals surface area contributed by atoms with Gasteiger partial charge in [0.15, 0.2) is 0 Å². The van der Waals surface area contributed by atoms with Gasteiger partial charge >= 0.3 is 0 Å². The van der Waals surface area contributed by atoms with Crippen molar-refractivity contribution in [3.63, 3.8) is 0 Å². The van der Waals surface area contributed by atoms with Gasteiger partial charge < -0.3 is 10.3 Å². The number of nitrogens with two attached hydrogens (primary N) is 1. The average molecular weight is 273 g/mol. The summed E-state index contributed by atoms with van der Waals surface area (Å²) in [6, 6.07) is 0. The van der Waals surface area contributed by atoms with Gasteiger partial charge in [-0.05, 0) is 40.8 Å². The maximum atomic E-state index is 11.8. The quantitative estimate of drug-likeness (QED) is 0.920. The number of hydrogen-bond donors (Lipinski definition) is 1. The molecular weight excluding hydrogens is 256 g/mol. The van der Waals surface area contributed by atoms with Crippen LogP contribution in [0.1, 0.15) is 25.8 Å². The van der Waals surface area contributed by atoms with Crippen LogP contribution in [0.4, 0.5) is 5.69 Å². The van der Waals surface area contributed by atoms with Crippen molar-refractivity contribution in [2.45, 2.75) is 33.7 Å². The molecule has 4 heteroatoms. The Bertz CT molecular complexity index is 410. The molecule has 0 saturated carbocycles. The molecule has 84 valence electrons. The Morgan fingerprint density at radius 2 is 2.13 bits per heavy atom. The maximum absolute atomic E-state index is 11.8. The Kier molecular flexibility index (Phi) is 3.97. The van der Waals surface area contributed by atoms with Gasteiger partial charge in [-0.25, -0.2) is 0 Å². The van der Waals surface area contributed by atoms with E-state index in [9.17, 15) is 4.79 Å². The molecule has 2 N–H and O–H groups in total. The standard InChI is InChI=1S/C11H17BrN2O/c1-7(2)4-5-14-6-9(13)8(3)10(12)11(14)15/h6-7H,4-5,13H2,1-3H3. The highest BCUT2D eigenvalue weighted by atomic mass is 79.9. The van der Waals surface area contributed by atoms with E-state index in [0.29, 0.717) is 16.1 Å². The topological polar surface area (TPSA) is 48.0 Å². The minimum atomic E-state index is 0.00218. The van der Waals surface area contributed by atoms with Crippen LogP contribution in [-0.2, 0) is 6.54 Å². The minimum Gasteiger partial charge on any atom is -0.397 e. The van der Waals surface area contributed by atoms with E-state index in [2.05, 4.69) is 29.8 Å². The number of aromatic nitrogens is 1. The van der Waals surface area contributed by atoms with Crippen LogP contribution < -0.4 is 11.3 Å². The van der Waals surface area contributed by atoms with Crippen LogP contribution in [0.3, 0.4) is 0 Å². The number of nitrogen functional groups attached to an aromatic ring is 1. The van der Waals surface area contributed by atoms with Crippen LogP contribution in [-0.4, -0.2) is 4.57 Å². The Morgan fingerprint density at radius 3 is 2.67 bits per heavy atom. The molecule has 1 rings (SSSR count). The number of anilines is 1. The van der Waals surface area contributed by atoms with Crippen LogP contribution in [0.15, 0.2) is 15.5 Å². The molecule has 0 spiro atoms. The molecule has 0 aromatic carbocycles. The molecule has 0 aliphatic carbocycles. The highest BCUT2D eigenvalue weighted by Crippen LogP contribution is 2.17. The van der Waals surface area contributed by atoms with Crippen molar-refractivity contribution in [1.82, 2.24) is 4.57 Å². The molecule has 0 aliphatic heterocycles. The molecule has 0 fully saturated rings. The molecule has 1 heterocycles. The van der Waals surface area contributed by atoms with E-state index in [-0.39, 0.29) is 5.56 Å². The molecule has 0 atom stereocenters. The van der Waals surface area contributed by atoms with E-state index < -0.39 is 0 Å². The van der Waals surface area contributed by atoms with E-state index in [4.69, 9.17) is 5.73 Å². The first-order valence-electron chi connectivity index (χ1n) is 5.08.